The van der Waals surface area contributed by atoms with Gasteiger partial charge in [0, 0.05) is 23.0 Å². The monoisotopic (exact) mass is 261 g/mol. The summed E-state index contributed by atoms with van der Waals surface area (Å²) >= 11 is 3.72. The van der Waals surface area contributed by atoms with Crippen LogP contribution in [-0.2, 0) is 4.79 Å². The maximum atomic E-state index is 11.8. The molecule has 0 aromatic heterocycles. The molecule has 3 unspecified atom stereocenters. The van der Waals surface area contributed by atoms with E-state index < -0.39 is 0 Å². The summed E-state index contributed by atoms with van der Waals surface area (Å²) in [4.78, 5) is 11.8. The molecule has 16 heavy (non-hydrogen) atoms. The SMILES string of the molecule is CSC(C)CCC(=O)NC1CCCC1SC. The van der Waals surface area contributed by atoms with Crippen LogP contribution in [0.15, 0.2) is 0 Å². The zero-order chi connectivity index (χ0) is 12.0. The summed E-state index contributed by atoms with van der Waals surface area (Å²) in [6.07, 6.45) is 9.60. The normalized spacial score (nSPS) is 26.7. The Kier molecular flexibility index (Phi) is 6.66. The van der Waals surface area contributed by atoms with Gasteiger partial charge in [-0.15, -0.1) is 0 Å². The molecule has 0 aliphatic heterocycles. The zero-order valence-electron chi connectivity index (χ0n) is 10.5. The number of amides is 1. The van der Waals surface area contributed by atoms with Gasteiger partial charge in [-0.3, -0.25) is 4.79 Å². The van der Waals surface area contributed by atoms with Crippen molar-refractivity contribution in [3.05, 3.63) is 0 Å². The van der Waals surface area contributed by atoms with Gasteiger partial charge in [0.15, 0.2) is 0 Å². The van der Waals surface area contributed by atoms with Gasteiger partial charge in [-0.25, -0.2) is 0 Å². The average Bonchev–Trinajstić information content (AvgIpc) is 2.73. The Hall–Kier alpha value is 0.170. The molecule has 0 saturated heterocycles. The lowest BCUT2D eigenvalue weighted by Gasteiger charge is -2.19. The summed E-state index contributed by atoms with van der Waals surface area (Å²) in [5.74, 6) is 0.242. The molecule has 4 heteroatoms. The molecular formula is C12H23NOS2. The van der Waals surface area contributed by atoms with Crippen molar-refractivity contribution in [2.75, 3.05) is 12.5 Å². The predicted octanol–water partition coefficient (Wildman–Crippen LogP) is 2.92. The van der Waals surface area contributed by atoms with E-state index in [4.69, 9.17) is 0 Å². The molecule has 1 saturated carbocycles. The summed E-state index contributed by atoms with van der Waals surface area (Å²) in [7, 11) is 0. The number of nitrogens with one attached hydrogen (secondary N) is 1. The summed E-state index contributed by atoms with van der Waals surface area (Å²) in [6.45, 7) is 2.18. The van der Waals surface area contributed by atoms with E-state index >= 15 is 0 Å². The third-order valence-electron chi connectivity index (χ3n) is 3.28. The van der Waals surface area contributed by atoms with E-state index in [9.17, 15) is 4.79 Å². The molecular weight excluding hydrogens is 238 g/mol. The van der Waals surface area contributed by atoms with Gasteiger partial charge in [0.05, 0.1) is 0 Å². The van der Waals surface area contributed by atoms with Crippen molar-refractivity contribution in [1.82, 2.24) is 5.32 Å². The molecule has 1 aliphatic carbocycles. The largest absolute Gasteiger partial charge is 0.352 e. The number of thioether (sulfide) groups is 2. The lowest BCUT2D eigenvalue weighted by atomic mass is 10.2. The molecule has 3 atom stereocenters. The highest BCUT2D eigenvalue weighted by atomic mass is 32.2. The molecule has 1 fully saturated rings. The van der Waals surface area contributed by atoms with Crippen LogP contribution in [0.25, 0.3) is 0 Å². The van der Waals surface area contributed by atoms with Crippen LogP contribution in [0.4, 0.5) is 0 Å². The topological polar surface area (TPSA) is 29.1 Å². The molecule has 0 spiro atoms. The van der Waals surface area contributed by atoms with Gasteiger partial charge >= 0.3 is 0 Å². The molecule has 94 valence electrons. The van der Waals surface area contributed by atoms with Crippen LogP contribution in [0.1, 0.15) is 39.0 Å². The third kappa shape index (κ3) is 4.58. The molecule has 1 amide bonds. The van der Waals surface area contributed by atoms with Crippen LogP contribution in [0, 0.1) is 0 Å². The second kappa shape index (κ2) is 7.49. The van der Waals surface area contributed by atoms with Gasteiger partial charge < -0.3 is 5.32 Å². The van der Waals surface area contributed by atoms with Crippen molar-refractivity contribution in [2.24, 2.45) is 0 Å². The fourth-order valence-corrected chi connectivity index (χ4v) is 3.39. The molecule has 2 nitrogen and oxygen atoms in total. The highest BCUT2D eigenvalue weighted by Crippen LogP contribution is 2.28. The number of hydrogen-bond acceptors (Lipinski definition) is 3. The fourth-order valence-electron chi connectivity index (χ4n) is 2.10. The Morgan fingerprint density at radius 1 is 1.44 bits per heavy atom. The summed E-state index contributed by atoms with van der Waals surface area (Å²) < 4.78 is 0. The zero-order valence-corrected chi connectivity index (χ0v) is 12.1. The van der Waals surface area contributed by atoms with Gasteiger partial charge in [-0.2, -0.15) is 23.5 Å². The smallest absolute Gasteiger partial charge is 0.220 e. The van der Waals surface area contributed by atoms with Crippen LogP contribution >= 0.6 is 23.5 Å². The van der Waals surface area contributed by atoms with Gasteiger partial charge in [-0.05, 0) is 31.8 Å². The van der Waals surface area contributed by atoms with E-state index in [1.165, 1.54) is 12.8 Å². The lowest BCUT2D eigenvalue weighted by molar-refractivity contribution is -0.121. The highest BCUT2D eigenvalue weighted by Gasteiger charge is 2.27. The molecule has 0 heterocycles. The molecule has 1 rings (SSSR count). The average molecular weight is 261 g/mol. The van der Waals surface area contributed by atoms with E-state index in [-0.39, 0.29) is 5.91 Å². The van der Waals surface area contributed by atoms with Crippen LogP contribution in [-0.4, -0.2) is 35.0 Å². The summed E-state index contributed by atoms with van der Waals surface area (Å²) in [5.41, 5.74) is 0. The van der Waals surface area contributed by atoms with Crippen molar-refractivity contribution in [2.45, 2.75) is 55.6 Å². The van der Waals surface area contributed by atoms with Crippen molar-refractivity contribution in [1.29, 1.82) is 0 Å². The molecule has 1 aliphatic rings. The van der Waals surface area contributed by atoms with E-state index in [2.05, 4.69) is 24.8 Å². The Labute approximate surface area is 108 Å². The quantitative estimate of drug-likeness (QED) is 0.797. The second-order valence-corrected chi connectivity index (χ2v) is 6.82. The van der Waals surface area contributed by atoms with Gasteiger partial charge in [0.25, 0.3) is 0 Å². The molecule has 0 bridgehead atoms. The Morgan fingerprint density at radius 2 is 2.19 bits per heavy atom. The lowest BCUT2D eigenvalue weighted by Crippen LogP contribution is -2.38. The van der Waals surface area contributed by atoms with Crippen LogP contribution in [0.5, 0.6) is 0 Å². The van der Waals surface area contributed by atoms with E-state index in [0.717, 1.165) is 12.8 Å². The first-order chi connectivity index (χ1) is 7.67. The van der Waals surface area contributed by atoms with Crippen molar-refractivity contribution >= 4 is 29.4 Å². The minimum absolute atomic E-state index is 0.242. The molecule has 0 aromatic rings. The molecule has 1 N–H and O–H groups in total. The third-order valence-corrected chi connectivity index (χ3v) is 5.49. The first-order valence-corrected chi connectivity index (χ1v) is 8.60. The predicted molar refractivity (Wildman–Crippen MR) is 75.3 cm³/mol. The highest BCUT2D eigenvalue weighted by molar-refractivity contribution is 7.99. The Bertz CT molecular complexity index is 223. The van der Waals surface area contributed by atoms with E-state index in [0.29, 0.717) is 23.0 Å². The number of rotatable bonds is 6. The summed E-state index contributed by atoms with van der Waals surface area (Å²) in [5, 5.41) is 4.42. The molecule has 0 aromatic carbocycles. The van der Waals surface area contributed by atoms with Crippen LogP contribution in [0.3, 0.4) is 0 Å². The minimum atomic E-state index is 0.242. The van der Waals surface area contributed by atoms with Crippen LogP contribution < -0.4 is 5.32 Å². The standard InChI is InChI=1S/C12H23NOS2/c1-9(15-2)7-8-12(14)13-10-5-4-6-11(10)16-3/h9-11H,4-8H2,1-3H3,(H,13,14). The summed E-state index contributed by atoms with van der Waals surface area (Å²) in [6, 6.07) is 0.423. The van der Waals surface area contributed by atoms with Gasteiger partial charge in [-0.1, -0.05) is 13.3 Å². The number of carbonyl (C=O) groups excluding carboxylic acids is 1. The fraction of sp³-hybridized carbons (Fsp3) is 0.917. The second-order valence-electron chi connectivity index (χ2n) is 4.46. The maximum Gasteiger partial charge on any atom is 0.220 e. The number of hydrogen-bond donors (Lipinski definition) is 1. The first kappa shape index (κ1) is 14.2. The van der Waals surface area contributed by atoms with Crippen molar-refractivity contribution in [3.63, 3.8) is 0 Å². The maximum absolute atomic E-state index is 11.8. The Morgan fingerprint density at radius 3 is 2.81 bits per heavy atom. The van der Waals surface area contributed by atoms with E-state index in [1.807, 2.05) is 23.5 Å². The van der Waals surface area contributed by atoms with Crippen molar-refractivity contribution in [3.8, 4) is 0 Å². The van der Waals surface area contributed by atoms with E-state index in [1.54, 1.807) is 0 Å². The van der Waals surface area contributed by atoms with Gasteiger partial charge in [0.2, 0.25) is 5.91 Å². The minimum Gasteiger partial charge on any atom is -0.352 e. The molecule has 0 radical (unpaired) electrons. The van der Waals surface area contributed by atoms with Crippen molar-refractivity contribution < 1.29 is 4.79 Å². The van der Waals surface area contributed by atoms with Crippen LogP contribution in [0.2, 0.25) is 0 Å². The Balaban J connectivity index is 2.23. The first-order valence-electron chi connectivity index (χ1n) is 6.02. The van der Waals surface area contributed by atoms with Gasteiger partial charge in [0.1, 0.15) is 0 Å². The number of carbonyl (C=O) groups is 1.